The van der Waals surface area contributed by atoms with Crippen LogP contribution in [0.2, 0.25) is 10.0 Å². The summed E-state index contributed by atoms with van der Waals surface area (Å²) in [5.74, 6) is 0.0361. The quantitative estimate of drug-likeness (QED) is 0.706. The van der Waals surface area contributed by atoms with Gasteiger partial charge in [0.15, 0.2) is 0 Å². The number of aliphatic hydroxyl groups is 1. The number of halogens is 2. The molecule has 0 aliphatic heterocycles. The zero-order chi connectivity index (χ0) is 14.4. The fourth-order valence-electron chi connectivity index (χ4n) is 1.23. The number of carbonyl (C=O) groups excluding carboxylic acids is 1. The summed E-state index contributed by atoms with van der Waals surface area (Å²) in [5, 5.41) is 13.3. The zero-order valence-corrected chi connectivity index (χ0v) is 11.9. The largest absolute Gasteiger partial charge is 0.491 e. The van der Waals surface area contributed by atoms with Gasteiger partial charge in [0.25, 0.3) is 0 Å². The van der Waals surface area contributed by atoms with E-state index in [1.807, 2.05) is 0 Å². The monoisotopic (exact) mass is 306 g/mol. The van der Waals surface area contributed by atoms with Crippen molar-refractivity contribution in [1.29, 1.82) is 0 Å². The van der Waals surface area contributed by atoms with Crippen LogP contribution < -0.4 is 15.8 Å². The second-order valence-corrected chi connectivity index (χ2v) is 4.89. The van der Waals surface area contributed by atoms with Crippen LogP contribution in [0.4, 0.5) is 0 Å². The topological polar surface area (TPSA) is 84.6 Å². The summed E-state index contributed by atoms with van der Waals surface area (Å²) in [6.07, 6.45) is -0.767. The van der Waals surface area contributed by atoms with E-state index in [0.29, 0.717) is 15.8 Å². The summed E-state index contributed by atoms with van der Waals surface area (Å²) in [4.78, 5) is 10.8. The van der Waals surface area contributed by atoms with E-state index in [4.69, 9.17) is 33.7 Å². The standard InChI is InChI=1S/C12H16Cl2N2O3/c1-7(12(15)18)16-5-8(17)6-19-9-2-3-10(13)11(14)4-9/h2-4,7-8,16-17H,5-6H2,1H3,(H2,15,18). The van der Waals surface area contributed by atoms with Crippen LogP contribution in [0.15, 0.2) is 18.2 Å². The van der Waals surface area contributed by atoms with E-state index in [1.165, 1.54) is 0 Å². The lowest BCUT2D eigenvalue weighted by molar-refractivity contribution is -0.119. The van der Waals surface area contributed by atoms with Crippen molar-refractivity contribution in [2.75, 3.05) is 13.2 Å². The summed E-state index contributed by atoms with van der Waals surface area (Å²) in [7, 11) is 0. The molecule has 7 heteroatoms. The van der Waals surface area contributed by atoms with Crippen LogP contribution in [-0.2, 0) is 4.79 Å². The first-order valence-corrected chi connectivity index (χ1v) is 6.44. The fourth-order valence-corrected chi connectivity index (χ4v) is 1.52. The van der Waals surface area contributed by atoms with E-state index in [2.05, 4.69) is 5.32 Å². The SMILES string of the molecule is CC(NCC(O)COc1ccc(Cl)c(Cl)c1)C(N)=O. The lowest BCUT2D eigenvalue weighted by Crippen LogP contribution is -2.43. The Bertz CT molecular complexity index is 443. The van der Waals surface area contributed by atoms with Gasteiger partial charge < -0.3 is 20.9 Å². The molecule has 0 saturated carbocycles. The van der Waals surface area contributed by atoms with Crippen LogP contribution in [-0.4, -0.2) is 36.3 Å². The van der Waals surface area contributed by atoms with E-state index >= 15 is 0 Å². The Balaban J connectivity index is 2.35. The minimum atomic E-state index is -0.767. The van der Waals surface area contributed by atoms with Crippen molar-refractivity contribution in [1.82, 2.24) is 5.32 Å². The van der Waals surface area contributed by atoms with Gasteiger partial charge in [0, 0.05) is 12.6 Å². The van der Waals surface area contributed by atoms with Crippen molar-refractivity contribution >= 4 is 29.1 Å². The summed E-state index contributed by atoms with van der Waals surface area (Å²) >= 11 is 11.6. The molecule has 0 aliphatic carbocycles. The number of primary amides is 1. The number of nitrogens with two attached hydrogens (primary N) is 1. The van der Waals surface area contributed by atoms with Crippen molar-refractivity contribution in [3.63, 3.8) is 0 Å². The highest BCUT2D eigenvalue weighted by atomic mass is 35.5. The summed E-state index contributed by atoms with van der Waals surface area (Å²) in [6, 6.07) is 4.33. The predicted molar refractivity (Wildman–Crippen MR) is 74.6 cm³/mol. The number of hydrogen-bond donors (Lipinski definition) is 3. The van der Waals surface area contributed by atoms with Gasteiger partial charge in [-0.15, -0.1) is 0 Å². The minimum absolute atomic E-state index is 0.0659. The maximum Gasteiger partial charge on any atom is 0.234 e. The second-order valence-electron chi connectivity index (χ2n) is 4.07. The van der Waals surface area contributed by atoms with E-state index in [-0.39, 0.29) is 13.2 Å². The highest BCUT2D eigenvalue weighted by Crippen LogP contribution is 2.26. The Morgan fingerprint density at radius 2 is 2.16 bits per heavy atom. The Kier molecular flexibility index (Phi) is 6.37. The molecule has 0 bridgehead atoms. The summed E-state index contributed by atoms with van der Waals surface area (Å²) in [5.41, 5.74) is 5.08. The third-order valence-electron chi connectivity index (χ3n) is 2.42. The number of hydrogen-bond acceptors (Lipinski definition) is 4. The maximum absolute atomic E-state index is 10.8. The average molecular weight is 307 g/mol. The number of aliphatic hydroxyl groups excluding tert-OH is 1. The van der Waals surface area contributed by atoms with Crippen LogP contribution in [0.3, 0.4) is 0 Å². The van der Waals surface area contributed by atoms with Crippen molar-refractivity contribution in [3.8, 4) is 5.75 Å². The van der Waals surface area contributed by atoms with Gasteiger partial charge >= 0.3 is 0 Å². The third-order valence-corrected chi connectivity index (χ3v) is 3.16. The van der Waals surface area contributed by atoms with Crippen LogP contribution in [0.1, 0.15) is 6.92 Å². The van der Waals surface area contributed by atoms with Gasteiger partial charge in [-0.25, -0.2) is 0 Å². The lowest BCUT2D eigenvalue weighted by atomic mass is 10.3. The molecule has 0 saturated heterocycles. The number of ether oxygens (including phenoxy) is 1. The molecule has 2 atom stereocenters. The van der Waals surface area contributed by atoms with Crippen LogP contribution in [0.25, 0.3) is 0 Å². The maximum atomic E-state index is 10.8. The molecule has 0 spiro atoms. The lowest BCUT2D eigenvalue weighted by Gasteiger charge is -2.15. The highest BCUT2D eigenvalue weighted by Gasteiger charge is 2.11. The minimum Gasteiger partial charge on any atom is -0.491 e. The van der Waals surface area contributed by atoms with E-state index < -0.39 is 18.1 Å². The van der Waals surface area contributed by atoms with Gasteiger partial charge in [0.1, 0.15) is 18.5 Å². The Morgan fingerprint density at radius 1 is 1.47 bits per heavy atom. The molecular weight excluding hydrogens is 291 g/mol. The smallest absolute Gasteiger partial charge is 0.234 e. The first-order chi connectivity index (χ1) is 8.90. The molecule has 5 nitrogen and oxygen atoms in total. The molecule has 4 N–H and O–H groups in total. The molecule has 2 unspecified atom stereocenters. The highest BCUT2D eigenvalue weighted by molar-refractivity contribution is 6.42. The normalized spacial score (nSPS) is 13.9. The van der Waals surface area contributed by atoms with Crippen LogP contribution in [0, 0.1) is 0 Å². The number of rotatable bonds is 7. The first-order valence-electron chi connectivity index (χ1n) is 5.68. The average Bonchev–Trinajstić information content (AvgIpc) is 2.37. The van der Waals surface area contributed by atoms with E-state index in [0.717, 1.165) is 0 Å². The van der Waals surface area contributed by atoms with Gasteiger partial charge in [0.2, 0.25) is 5.91 Å². The number of nitrogens with one attached hydrogen (secondary N) is 1. The number of amides is 1. The molecule has 1 aromatic carbocycles. The van der Waals surface area contributed by atoms with E-state index in [9.17, 15) is 9.90 Å². The van der Waals surface area contributed by atoms with E-state index in [1.54, 1.807) is 25.1 Å². The fraction of sp³-hybridized carbons (Fsp3) is 0.417. The molecule has 0 aromatic heterocycles. The first kappa shape index (κ1) is 16.0. The predicted octanol–water partition coefficient (Wildman–Crippen LogP) is 1.20. The Morgan fingerprint density at radius 3 is 2.74 bits per heavy atom. The molecule has 19 heavy (non-hydrogen) atoms. The molecule has 1 amide bonds. The van der Waals surface area contributed by atoms with Crippen molar-refractivity contribution in [2.24, 2.45) is 5.73 Å². The summed E-state index contributed by atoms with van der Waals surface area (Å²) < 4.78 is 5.35. The van der Waals surface area contributed by atoms with Gasteiger partial charge in [-0.3, -0.25) is 4.79 Å². The second kappa shape index (κ2) is 7.55. The molecule has 0 radical (unpaired) electrons. The number of carbonyl (C=O) groups is 1. The van der Waals surface area contributed by atoms with Crippen LogP contribution >= 0.6 is 23.2 Å². The van der Waals surface area contributed by atoms with Crippen molar-refractivity contribution < 1.29 is 14.6 Å². The summed E-state index contributed by atoms with van der Waals surface area (Å²) in [6.45, 7) is 1.89. The van der Waals surface area contributed by atoms with Crippen molar-refractivity contribution in [3.05, 3.63) is 28.2 Å². The Labute approximate surface area is 121 Å². The van der Waals surface area contributed by atoms with Crippen LogP contribution in [0.5, 0.6) is 5.75 Å². The van der Waals surface area contributed by atoms with Crippen molar-refractivity contribution in [2.45, 2.75) is 19.1 Å². The van der Waals surface area contributed by atoms with Gasteiger partial charge in [0.05, 0.1) is 16.1 Å². The molecule has 0 heterocycles. The molecular formula is C12H16Cl2N2O3. The van der Waals surface area contributed by atoms with Gasteiger partial charge in [-0.1, -0.05) is 23.2 Å². The molecule has 0 aliphatic rings. The molecule has 1 rings (SSSR count). The Hall–Kier alpha value is -1.01. The van der Waals surface area contributed by atoms with Gasteiger partial charge in [-0.2, -0.15) is 0 Å². The van der Waals surface area contributed by atoms with Gasteiger partial charge in [-0.05, 0) is 19.1 Å². The number of benzene rings is 1. The molecule has 0 fully saturated rings. The third kappa shape index (κ3) is 5.65. The molecule has 106 valence electrons. The zero-order valence-electron chi connectivity index (χ0n) is 10.4. The molecule has 1 aromatic rings.